The maximum absolute atomic E-state index is 6.37. The van der Waals surface area contributed by atoms with Crippen LogP contribution in [0, 0.1) is 5.41 Å². The van der Waals surface area contributed by atoms with Crippen LogP contribution in [0.15, 0.2) is 0 Å². The van der Waals surface area contributed by atoms with Crippen molar-refractivity contribution in [3.8, 4) is 0 Å². The highest BCUT2D eigenvalue weighted by atomic mass is 16.5. The van der Waals surface area contributed by atoms with Gasteiger partial charge in [0.05, 0.1) is 13.2 Å². The number of hydrogen-bond acceptors (Lipinski definition) is 3. The molecule has 2 unspecified atom stereocenters. The number of nitrogens with two attached hydrogens (primary N) is 1. The van der Waals surface area contributed by atoms with Crippen molar-refractivity contribution < 1.29 is 4.74 Å². The molecule has 3 heteroatoms. The van der Waals surface area contributed by atoms with Crippen LogP contribution < -0.4 is 5.73 Å². The Morgan fingerprint density at radius 3 is 2.59 bits per heavy atom. The average Bonchev–Trinajstić information content (AvgIpc) is 2.22. The van der Waals surface area contributed by atoms with Crippen molar-refractivity contribution in [2.75, 3.05) is 19.8 Å². The Morgan fingerprint density at radius 2 is 1.94 bits per heavy atom. The summed E-state index contributed by atoms with van der Waals surface area (Å²) >= 11 is 0. The molecule has 2 N–H and O–H groups in total. The summed E-state index contributed by atoms with van der Waals surface area (Å²) in [4.78, 5) is 2.60. The van der Waals surface area contributed by atoms with Gasteiger partial charge < -0.3 is 10.5 Å². The third-order valence-corrected chi connectivity index (χ3v) is 4.52. The summed E-state index contributed by atoms with van der Waals surface area (Å²) < 4.78 is 5.61. The van der Waals surface area contributed by atoms with Gasteiger partial charge in [-0.05, 0) is 38.5 Å². The predicted octanol–water partition coefficient (Wildman–Crippen LogP) is 2.00. The zero-order valence-corrected chi connectivity index (χ0v) is 11.8. The molecule has 0 amide bonds. The van der Waals surface area contributed by atoms with Crippen molar-refractivity contribution in [1.29, 1.82) is 0 Å². The second-order valence-electron chi connectivity index (χ2n) is 7.20. The molecular formula is C14H28N2O. The normalized spacial score (nSPS) is 37.9. The summed E-state index contributed by atoms with van der Waals surface area (Å²) in [6.07, 6.45) is 3.64. The SMILES string of the molecule is CC1(C)CCC(N)C(N2CCOCC2(C)C)C1. The summed E-state index contributed by atoms with van der Waals surface area (Å²) in [5.74, 6) is 0. The van der Waals surface area contributed by atoms with E-state index in [-0.39, 0.29) is 5.54 Å². The van der Waals surface area contributed by atoms with Crippen LogP contribution in [0.4, 0.5) is 0 Å². The molecule has 2 rings (SSSR count). The molecule has 0 spiro atoms. The van der Waals surface area contributed by atoms with Gasteiger partial charge in [-0.1, -0.05) is 13.8 Å². The first-order valence-corrected chi connectivity index (χ1v) is 6.92. The quantitative estimate of drug-likeness (QED) is 0.762. The zero-order chi connectivity index (χ0) is 12.7. The van der Waals surface area contributed by atoms with Gasteiger partial charge in [-0.15, -0.1) is 0 Å². The molecule has 17 heavy (non-hydrogen) atoms. The number of rotatable bonds is 1. The van der Waals surface area contributed by atoms with Crippen LogP contribution >= 0.6 is 0 Å². The number of morpholine rings is 1. The van der Waals surface area contributed by atoms with Crippen LogP contribution in [0.2, 0.25) is 0 Å². The fourth-order valence-electron chi connectivity index (χ4n) is 3.40. The molecule has 2 fully saturated rings. The van der Waals surface area contributed by atoms with E-state index in [1.54, 1.807) is 0 Å². The van der Waals surface area contributed by atoms with Crippen LogP contribution in [0.1, 0.15) is 47.0 Å². The number of ether oxygens (including phenoxy) is 1. The van der Waals surface area contributed by atoms with Gasteiger partial charge in [0, 0.05) is 24.2 Å². The highest BCUT2D eigenvalue weighted by Crippen LogP contribution is 2.39. The van der Waals surface area contributed by atoms with Crippen molar-refractivity contribution >= 4 is 0 Å². The monoisotopic (exact) mass is 240 g/mol. The highest BCUT2D eigenvalue weighted by Gasteiger charge is 2.42. The first kappa shape index (κ1) is 13.3. The second kappa shape index (κ2) is 4.52. The van der Waals surface area contributed by atoms with Gasteiger partial charge >= 0.3 is 0 Å². The largest absolute Gasteiger partial charge is 0.378 e. The molecular weight excluding hydrogens is 212 g/mol. The minimum atomic E-state index is 0.133. The minimum absolute atomic E-state index is 0.133. The lowest BCUT2D eigenvalue weighted by atomic mass is 9.72. The van der Waals surface area contributed by atoms with Crippen LogP contribution in [0.5, 0.6) is 0 Å². The summed E-state index contributed by atoms with van der Waals surface area (Å²) in [7, 11) is 0. The lowest BCUT2D eigenvalue weighted by Gasteiger charge is -2.52. The van der Waals surface area contributed by atoms with E-state index in [4.69, 9.17) is 10.5 Å². The Balaban J connectivity index is 2.13. The van der Waals surface area contributed by atoms with Crippen molar-refractivity contribution in [3.05, 3.63) is 0 Å². The Bertz CT molecular complexity index is 275. The lowest BCUT2D eigenvalue weighted by molar-refractivity contribution is -0.0905. The molecule has 0 aromatic heterocycles. The molecule has 1 aliphatic carbocycles. The second-order valence-corrected chi connectivity index (χ2v) is 7.20. The first-order chi connectivity index (χ1) is 7.82. The van der Waals surface area contributed by atoms with E-state index in [0.29, 0.717) is 17.5 Å². The summed E-state index contributed by atoms with van der Waals surface area (Å²) in [5, 5.41) is 0. The molecule has 100 valence electrons. The molecule has 0 radical (unpaired) electrons. The molecule has 1 saturated carbocycles. The van der Waals surface area contributed by atoms with Gasteiger partial charge in [-0.3, -0.25) is 4.90 Å². The molecule has 1 saturated heterocycles. The Hall–Kier alpha value is -0.120. The van der Waals surface area contributed by atoms with Gasteiger partial charge in [0.15, 0.2) is 0 Å². The zero-order valence-electron chi connectivity index (χ0n) is 11.8. The van der Waals surface area contributed by atoms with Crippen LogP contribution in [-0.2, 0) is 4.74 Å². The topological polar surface area (TPSA) is 38.5 Å². The average molecular weight is 240 g/mol. The van der Waals surface area contributed by atoms with Crippen molar-refractivity contribution in [3.63, 3.8) is 0 Å². The van der Waals surface area contributed by atoms with Crippen LogP contribution in [-0.4, -0.2) is 42.3 Å². The fraction of sp³-hybridized carbons (Fsp3) is 1.00. The molecule has 3 nitrogen and oxygen atoms in total. The minimum Gasteiger partial charge on any atom is -0.378 e. The molecule has 2 atom stereocenters. The Morgan fingerprint density at radius 1 is 1.24 bits per heavy atom. The standard InChI is InChI=1S/C14H28N2O/c1-13(2)6-5-11(15)12(9-13)16-7-8-17-10-14(16,3)4/h11-12H,5-10,15H2,1-4H3. The molecule has 0 aromatic rings. The van der Waals surface area contributed by atoms with E-state index in [1.807, 2.05) is 0 Å². The fourth-order valence-corrected chi connectivity index (χ4v) is 3.40. The van der Waals surface area contributed by atoms with E-state index < -0.39 is 0 Å². The van der Waals surface area contributed by atoms with Gasteiger partial charge in [0.1, 0.15) is 0 Å². The van der Waals surface area contributed by atoms with Crippen molar-refractivity contribution in [1.82, 2.24) is 4.90 Å². The third-order valence-electron chi connectivity index (χ3n) is 4.52. The lowest BCUT2D eigenvalue weighted by Crippen LogP contribution is -2.63. The summed E-state index contributed by atoms with van der Waals surface area (Å²) in [6.45, 7) is 12.0. The number of nitrogens with zero attached hydrogens (tertiary/aromatic N) is 1. The third kappa shape index (κ3) is 2.83. The first-order valence-electron chi connectivity index (χ1n) is 6.92. The highest BCUT2D eigenvalue weighted by molar-refractivity contribution is 4.98. The van der Waals surface area contributed by atoms with Crippen LogP contribution in [0.3, 0.4) is 0 Å². The van der Waals surface area contributed by atoms with Crippen LogP contribution in [0.25, 0.3) is 0 Å². The van der Waals surface area contributed by atoms with Crippen molar-refractivity contribution in [2.24, 2.45) is 11.1 Å². The predicted molar refractivity (Wildman–Crippen MR) is 71.0 cm³/mol. The molecule has 2 aliphatic rings. The smallest absolute Gasteiger partial charge is 0.0645 e. The maximum Gasteiger partial charge on any atom is 0.0645 e. The van der Waals surface area contributed by atoms with Gasteiger partial charge in [-0.2, -0.15) is 0 Å². The molecule has 0 bridgehead atoms. The Labute approximate surface area is 106 Å². The van der Waals surface area contributed by atoms with E-state index in [0.717, 1.165) is 26.2 Å². The molecule has 0 aromatic carbocycles. The van der Waals surface area contributed by atoms with E-state index in [9.17, 15) is 0 Å². The van der Waals surface area contributed by atoms with Gasteiger partial charge in [0.2, 0.25) is 0 Å². The molecule has 1 aliphatic heterocycles. The van der Waals surface area contributed by atoms with Gasteiger partial charge in [0.25, 0.3) is 0 Å². The molecule has 1 heterocycles. The summed E-state index contributed by atoms with van der Waals surface area (Å²) in [5.41, 5.74) is 6.94. The van der Waals surface area contributed by atoms with Crippen molar-refractivity contribution in [2.45, 2.75) is 64.6 Å². The van der Waals surface area contributed by atoms with E-state index in [1.165, 1.54) is 12.8 Å². The van der Waals surface area contributed by atoms with E-state index in [2.05, 4.69) is 32.6 Å². The number of hydrogen-bond donors (Lipinski definition) is 1. The summed E-state index contributed by atoms with van der Waals surface area (Å²) in [6, 6.07) is 0.859. The maximum atomic E-state index is 6.37. The van der Waals surface area contributed by atoms with Gasteiger partial charge in [-0.25, -0.2) is 0 Å². The van der Waals surface area contributed by atoms with E-state index >= 15 is 0 Å². The Kier molecular flexibility index (Phi) is 3.54.